The lowest BCUT2D eigenvalue weighted by atomic mass is 9.95. The number of hydrogen-bond donors (Lipinski definition) is 3. The molecule has 1 aliphatic heterocycles. The molecule has 0 bridgehead atoms. The minimum Gasteiger partial charge on any atom is -0.391 e. The van der Waals surface area contributed by atoms with Crippen LogP contribution in [0.15, 0.2) is 0 Å². The Labute approximate surface area is 76.5 Å². The molecule has 0 aromatic carbocycles. The van der Waals surface area contributed by atoms with Gasteiger partial charge < -0.3 is 19.6 Å². The van der Waals surface area contributed by atoms with Crippen molar-refractivity contribution in [2.24, 2.45) is 0 Å². The summed E-state index contributed by atoms with van der Waals surface area (Å²) in [4.78, 5) is 16.7. The van der Waals surface area contributed by atoms with E-state index in [4.69, 9.17) is 27.5 Å². The molecule has 0 aliphatic carbocycles. The highest BCUT2D eigenvalue weighted by Crippen LogP contribution is 2.36. The van der Waals surface area contributed by atoms with Crippen molar-refractivity contribution in [1.82, 2.24) is 0 Å². The third-order valence-corrected chi connectivity index (χ3v) is 2.15. The molecule has 1 aliphatic rings. The fraction of sp³-hybridized carbons (Fsp3) is 1.00. The first-order chi connectivity index (χ1) is 5.88. The Morgan fingerprint density at radius 2 is 2.23 bits per heavy atom. The van der Waals surface area contributed by atoms with Gasteiger partial charge in [0.1, 0.15) is 7.85 Å². The largest absolute Gasteiger partial charge is 0.469 e. The predicted molar refractivity (Wildman–Crippen MR) is 43.0 cm³/mol. The molecule has 0 unspecified atom stereocenters. The molecule has 6 nitrogen and oxygen atoms in total. The summed E-state index contributed by atoms with van der Waals surface area (Å²) in [5.41, 5.74) is 0. The van der Waals surface area contributed by atoms with Crippen LogP contribution in [0.4, 0.5) is 0 Å². The Morgan fingerprint density at radius 3 is 2.62 bits per heavy atom. The molecule has 2 radical (unpaired) electrons. The van der Waals surface area contributed by atoms with Gasteiger partial charge in [-0.2, -0.15) is 0 Å². The average Bonchev–Trinajstić information content (AvgIpc) is 2.27. The van der Waals surface area contributed by atoms with Gasteiger partial charge in [-0.05, 0) is 0 Å². The van der Waals surface area contributed by atoms with Crippen LogP contribution in [0.5, 0.6) is 0 Å². The van der Waals surface area contributed by atoms with Crippen LogP contribution >= 0.6 is 7.82 Å². The lowest BCUT2D eigenvalue weighted by Gasteiger charge is -2.11. The maximum atomic E-state index is 10.3. The van der Waals surface area contributed by atoms with Crippen molar-refractivity contribution in [3.63, 3.8) is 0 Å². The monoisotopic (exact) mass is 208 g/mol. The second-order valence-electron chi connectivity index (χ2n) is 2.81. The number of phosphoric ester groups is 1. The maximum absolute atomic E-state index is 10.3. The summed E-state index contributed by atoms with van der Waals surface area (Å²) in [7, 11) is 0.826. The molecule has 13 heavy (non-hydrogen) atoms. The van der Waals surface area contributed by atoms with Crippen LogP contribution in [0, 0.1) is 0 Å². The predicted octanol–water partition coefficient (Wildman–Crippen LogP) is -1.26. The fourth-order valence-electron chi connectivity index (χ4n) is 1.06. The van der Waals surface area contributed by atoms with E-state index in [0.29, 0.717) is 0 Å². The summed E-state index contributed by atoms with van der Waals surface area (Å²) >= 11 is 0. The second kappa shape index (κ2) is 4.08. The van der Waals surface area contributed by atoms with Crippen LogP contribution in [0.2, 0.25) is 0 Å². The molecule has 8 heteroatoms. The first-order valence-corrected chi connectivity index (χ1v) is 5.21. The Bertz CT molecular complexity index is 207. The summed E-state index contributed by atoms with van der Waals surface area (Å²) in [6.07, 6.45) is -1.13. The van der Waals surface area contributed by atoms with Gasteiger partial charge in [-0.15, -0.1) is 0 Å². The first kappa shape index (κ1) is 11.2. The molecule has 1 saturated heterocycles. The van der Waals surface area contributed by atoms with Crippen LogP contribution in [0.25, 0.3) is 0 Å². The average molecular weight is 208 g/mol. The van der Waals surface area contributed by atoms with E-state index in [-0.39, 0.29) is 13.0 Å². The van der Waals surface area contributed by atoms with Crippen molar-refractivity contribution in [2.75, 3.05) is 6.61 Å². The highest BCUT2D eigenvalue weighted by atomic mass is 31.2. The number of aliphatic hydroxyl groups is 1. The number of ether oxygens (including phenoxy) is 1. The van der Waals surface area contributed by atoms with Crippen molar-refractivity contribution in [2.45, 2.75) is 24.6 Å². The van der Waals surface area contributed by atoms with Gasteiger partial charge >= 0.3 is 7.82 Å². The molecule has 1 fully saturated rings. The summed E-state index contributed by atoms with van der Waals surface area (Å²) in [5.74, 6) is 0. The highest BCUT2D eigenvalue weighted by Gasteiger charge is 2.31. The maximum Gasteiger partial charge on any atom is 0.469 e. The SMILES string of the molecule is [B][C@@H]1O[C@H](COP(=O)(O)O)C[C@@H]1O. The smallest absolute Gasteiger partial charge is 0.391 e. The van der Waals surface area contributed by atoms with E-state index in [2.05, 4.69) is 4.52 Å². The van der Waals surface area contributed by atoms with Crippen molar-refractivity contribution in [3.05, 3.63) is 0 Å². The zero-order valence-electron chi connectivity index (χ0n) is 6.74. The topological polar surface area (TPSA) is 96.2 Å². The van der Waals surface area contributed by atoms with Crippen molar-refractivity contribution < 1.29 is 28.7 Å². The fourth-order valence-corrected chi connectivity index (χ4v) is 1.42. The molecule has 3 N–H and O–H groups in total. The number of aliphatic hydroxyl groups excluding tert-OH is 1. The van der Waals surface area contributed by atoms with Crippen molar-refractivity contribution >= 4 is 15.7 Å². The Kier molecular flexibility index (Phi) is 3.51. The van der Waals surface area contributed by atoms with E-state index in [1.54, 1.807) is 0 Å². The minimum absolute atomic E-state index is 0.223. The van der Waals surface area contributed by atoms with E-state index in [9.17, 15) is 4.57 Å². The molecule has 0 saturated carbocycles. The van der Waals surface area contributed by atoms with Gasteiger partial charge in [0.15, 0.2) is 0 Å². The Balaban J connectivity index is 2.29. The van der Waals surface area contributed by atoms with E-state index in [1.165, 1.54) is 0 Å². The molecule has 0 amide bonds. The van der Waals surface area contributed by atoms with Gasteiger partial charge in [0.05, 0.1) is 18.8 Å². The van der Waals surface area contributed by atoms with Gasteiger partial charge in [0, 0.05) is 12.4 Å². The first-order valence-electron chi connectivity index (χ1n) is 3.67. The van der Waals surface area contributed by atoms with Gasteiger partial charge in [-0.3, -0.25) is 4.52 Å². The Morgan fingerprint density at radius 1 is 1.62 bits per heavy atom. The third kappa shape index (κ3) is 3.76. The Hall–Kier alpha value is 0.0949. The van der Waals surface area contributed by atoms with Crippen LogP contribution in [-0.2, 0) is 13.8 Å². The van der Waals surface area contributed by atoms with Crippen LogP contribution in [-0.4, -0.2) is 47.6 Å². The van der Waals surface area contributed by atoms with Crippen LogP contribution in [0.3, 0.4) is 0 Å². The number of rotatable bonds is 3. The van der Waals surface area contributed by atoms with Gasteiger partial charge in [-0.25, -0.2) is 4.57 Å². The second-order valence-corrected chi connectivity index (χ2v) is 4.05. The molecule has 0 spiro atoms. The number of phosphoric acid groups is 1. The molecule has 0 aromatic rings. The van der Waals surface area contributed by atoms with Gasteiger partial charge in [0.25, 0.3) is 0 Å². The molecule has 3 atom stereocenters. The lowest BCUT2D eigenvalue weighted by molar-refractivity contribution is 0.0292. The molecular formula is C5H10BO6P. The van der Waals surface area contributed by atoms with Gasteiger partial charge in [-0.1, -0.05) is 0 Å². The summed E-state index contributed by atoms with van der Waals surface area (Å²) in [5, 5.41) is 9.10. The summed E-state index contributed by atoms with van der Waals surface area (Å²) < 4.78 is 19.4. The quantitative estimate of drug-likeness (QED) is 0.395. The highest BCUT2D eigenvalue weighted by molar-refractivity contribution is 7.46. The molecule has 1 heterocycles. The number of hydrogen-bond acceptors (Lipinski definition) is 4. The zero-order chi connectivity index (χ0) is 10.1. The summed E-state index contributed by atoms with van der Waals surface area (Å²) in [6.45, 7) is -0.269. The third-order valence-electron chi connectivity index (χ3n) is 1.66. The van der Waals surface area contributed by atoms with E-state index in [0.717, 1.165) is 0 Å². The van der Waals surface area contributed by atoms with Crippen LogP contribution in [0.1, 0.15) is 6.42 Å². The zero-order valence-corrected chi connectivity index (χ0v) is 7.63. The standard InChI is InChI=1S/C5H10BO6P/c6-5-4(7)1-3(12-5)2-11-13(8,9)10/h3-5,7H,1-2H2,(H2,8,9,10)/t3-,4-,5+/m0/s1. The van der Waals surface area contributed by atoms with Crippen molar-refractivity contribution in [3.8, 4) is 0 Å². The molecular weight excluding hydrogens is 198 g/mol. The molecule has 74 valence electrons. The minimum atomic E-state index is -4.46. The van der Waals surface area contributed by atoms with Gasteiger partial charge in [0.2, 0.25) is 0 Å². The molecule has 0 aromatic heterocycles. The van der Waals surface area contributed by atoms with E-state index >= 15 is 0 Å². The molecule has 1 rings (SSSR count). The normalized spacial score (nSPS) is 35.2. The van der Waals surface area contributed by atoms with Crippen LogP contribution < -0.4 is 0 Å². The van der Waals surface area contributed by atoms with E-state index in [1.807, 2.05) is 0 Å². The van der Waals surface area contributed by atoms with Crippen molar-refractivity contribution in [1.29, 1.82) is 0 Å². The lowest BCUT2D eigenvalue weighted by Crippen LogP contribution is -2.20. The summed E-state index contributed by atoms with van der Waals surface area (Å²) in [6, 6.07) is -0.801. The van der Waals surface area contributed by atoms with E-state index < -0.39 is 26.0 Å².